The molecule has 2 saturated carbocycles. The van der Waals surface area contributed by atoms with E-state index in [2.05, 4.69) is 12.2 Å². The Kier molecular flexibility index (Phi) is 5.04. The lowest BCUT2D eigenvalue weighted by Crippen LogP contribution is -2.37. The fourth-order valence-electron chi connectivity index (χ4n) is 4.73. The first-order valence-corrected chi connectivity index (χ1v) is 9.16. The Morgan fingerprint density at radius 1 is 0.900 bits per heavy atom. The van der Waals surface area contributed by atoms with Crippen molar-refractivity contribution in [1.29, 1.82) is 0 Å². The topological polar surface area (TPSA) is 21.3 Å². The molecule has 1 N–H and O–H groups in total. The number of nitrogens with one attached hydrogen (secondary N) is 1. The Balaban J connectivity index is 1.37. The molecule has 3 rings (SSSR count). The molecule has 0 bridgehead atoms. The molecule has 2 nitrogen and oxygen atoms in total. The van der Waals surface area contributed by atoms with Crippen molar-refractivity contribution in [2.45, 2.75) is 89.3 Å². The van der Waals surface area contributed by atoms with Crippen LogP contribution in [0.25, 0.3) is 0 Å². The molecule has 0 aromatic carbocycles. The van der Waals surface area contributed by atoms with Gasteiger partial charge in [-0.25, -0.2) is 0 Å². The molecule has 116 valence electrons. The monoisotopic (exact) mass is 279 g/mol. The summed E-state index contributed by atoms with van der Waals surface area (Å²) < 4.78 is 6.44. The van der Waals surface area contributed by atoms with Gasteiger partial charge in [0.05, 0.1) is 11.7 Å². The standard InChI is InChI=1S/C18H33NO/c1-15-7-3-4-8-16(15)13-19-14-17-9-12-18(20-17)10-5-2-6-11-18/h15-17,19H,2-14H2,1H3. The molecule has 2 heteroatoms. The van der Waals surface area contributed by atoms with Crippen LogP contribution in [0.3, 0.4) is 0 Å². The van der Waals surface area contributed by atoms with E-state index in [1.807, 2.05) is 0 Å². The minimum atomic E-state index is 0.294. The van der Waals surface area contributed by atoms with E-state index in [-0.39, 0.29) is 0 Å². The van der Waals surface area contributed by atoms with Gasteiger partial charge in [0.2, 0.25) is 0 Å². The van der Waals surface area contributed by atoms with Gasteiger partial charge in [0.25, 0.3) is 0 Å². The van der Waals surface area contributed by atoms with Crippen molar-refractivity contribution >= 4 is 0 Å². The lowest BCUT2D eigenvalue weighted by atomic mass is 9.80. The molecule has 3 atom stereocenters. The van der Waals surface area contributed by atoms with Crippen molar-refractivity contribution in [2.24, 2.45) is 11.8 Å². The van der Waals surface area contributed by atoms with Gasteiger partial charge in [-0.3, -0.25) is 0 Å². The first kappa shape index (κ1) is 14.8. The summed E-state index contributed by atoms with van der Waals surface area (Å²) in [4.78, 5) is 0. The summed E-state index contributed by atoms with van der Waals surface area (Å²) in [5.74, 6) is 1.83. The molecule has 3 unspecified atom stereocenters. The average molecular weight is 279 g/mol. The second-order valence-corrected chi connectivity index (χ2v) is 7.70. The maximum absolute atomic E-state index is 6.44. The largest absolute Gasteiger partial charge is 0.370 e. The van der Waals surface area contributed by atoms with E-state index in [9.17, 15) is 0 Å². The second-order valence-electron chi connectivity index (χ2n) is 7.70. The molecule has 2 aliphatic carbocycles. The van der Waals surface area contributed by atoms with Gasteiger partial charge in [-0.2, -0.15) is 0 Å². The maximum Gasteiger partial charge on any atom is 0.0708 e. The minimum absolute atomic E-state index is 0.294. The van der Waals surface area contributed by atoms with Crippen LogP contribution in [0.15, 0.2) is 0 Å². The number of hydrogen-bond donors (Lipinski definition) is 1. The van der Waals surface area contributed by atoms with Crippen LogP contribution in [0.2, 0.25) is 0 Å². The zero-order valence-electron chi connectivity index (χ0n) is 13.3. The Morgan fingerprint density at radius 3 is 2.50 bits per heavy atom. The van der Waals surface area contributed by atoms with Crippen LogP contribution in [0.1, 0.15) is 77.6 Å². The molecular weight excluding hydrogens is 246 g/mol. The normalized spacial score (nSPS) is 37.4. The summed E-state index contributed by atoms with van der Waals surface area (Å²) in [6, 6.07) is 0. The third kappa shape index (κ3) is 3.57. The summed E-state index contributed by atoms with van der Waals surface area (Å²) >= 11 is 0. The maximum atomic E-state index is 6.44. The lowest BCUT2D eigenvalue weighted by Gasteiger charge is -2.33. The minimum Gasteiger partial charge on any atom is -0.370 e. The molecule has 3 fully saturated rings. The molecular formula is C18H33NO. The number of ether oxygens (including phenoxy) is 1. The van der Waals surface area contributed by atoms with Crippen molar-refractivity contribution in [1.82, 2.24) is 5.32 Å². The van der Waals surface area contributed by atoms with Gasteiger partial charge in [-0.05, 0) is 50.5 Å². The highest BCUT2D eigenvalue weighted by Crippen LogP contribution is 2.41. The van der Waals surface area contributed by atoms with Crippen LogP contribution >= 0.6 is 0 Å². The van der Waals surface area contributed by atoms with Crippen molar-refractivity contribution < 1.29 is 4.74 Å². The molecule has 0 aromatic rings. The lowest BCUT2D eigenvalue weighted by molar-refractivity contribution is -0.0626. The summed E-state index contributed by atoms with van der Waals surface area (Å²) in [5.41, 5.74) is 0.294. The van der Waals surface area contributed by atoms with Crippen LogP contribution in [-0.4, -0.2) is 24.8 Å². The zero-order chi connectivity index (χ0) is 13.8. The summed E-state index contributed by atoms with van der Waals surface area (Å²) in [6.45, 7) is 4.74. The van der Waals surface area contributed by atoms with E-state index in [1.165, 1.54) is 77.2 Å². The highest BCUT2D eigenvalue weighted by atomic mass is 16.5. The van der Waals surface area contributed by atoms with Gasteiger partial charge in [-0.15, -0.1) is 0 Å². The van der Waals surface area contributed by atoms with E-state index in [0.717, 1.165) is 18.4 Å². The van der Waals surface area contributed by atoms with E-state index in [4.69, 9.17) is 4.74 Å². The van der Waals surface area contributed by atoms with Crippen molar-refractivity contribution in [2.75, 3.05) is 13.1 Å². The summed E-state index contributed by atoms with van der Waals surface area (Å²) in [5, 5.41) is 3.72. The van der Waals surface area contributed by atoms with E-state index >= 15 is 0 Å². The fraction of sp³-hybridized carbons (Fsp3) is 1.00. The first-order chi connectivity index (χ1) is 9.77. The quantitative estimate of drug-likeness (QED) is 0.829. The van der Waals surface area contributed by atoms with Crippen LogP contribution < -0.4 is 5.32 Å². The van der Waals surface area contributed by atoms with Gasteiger partial charge in [0.1, 0.15) is 0 Å². The van der Waals surface area contributed by atoms with Gasteiger partial charge in [0.15, 0.2) is 0 Å². The highest BCUT2D eigenvalue weighted by molar-refractivity contribution is 4.91. The SMILES string of the molecule is CC1CCCCC1CNCC1CCC2(CCCCC2)O1. The smallest absolute Gasteiger partial charge is 0.0708 e. The predicted octanol–water partition coefficient (Wildman–Crippen LogP) is 4.28. The molecule has 0 amide bonds. The summed E-state index contributed by atoms with van der Waals surface area (Å²) in [6.07, 6.45) is 15.7. The Bertz CT molecular complexity index is 298. The first-order valence-electron chi connectivity index (χ1n) is 9.16. The molecule has 0 radical (unpaired) electrons. The number of hydrogen-bond acceptors (Lipinski definition) is 2. The van der Waals surface area contributed by atoms with Crippen molar-refractivity contribution in [3.05, 3.63) is 0 Å². The van der Waals surface area contributed by atoms with Crippen molar-refractivity contribution in [3.63, 3.8) is 0 Å². The van der Waals surface area contributed by atoms with Crippen LogP contribution in [0.4, 0.5) is 0 Å². The fourth-order valence-corrected chi connectivity index (χ4v) is 4.73. The van der Waals surface area contributed by atoms with E-state index in [0.29, 0.717) is 11.7 Å². The average Bonchev–Trinajstić information content (AvgIpc) is 2.85. The molecule has 1 heterocycles. The second kappa shape index (κ2) is 6.79. The molecule has 20 heavy (non-hydrogen) atoms. The van der Waals surface area contributed by atoms with Gasteiger partial charge < -0.3 is 10.1 Å². The molecule has 1 saturated heterocycles. The van der Waals surface area contributed by atoms with Gasteiger partial charge >= 0.3 is 0 Å². The Morgan fingerprint density at radius 2 is 1.70 bits per heavy atom. The van der Waals surface area contributed by atoms with Gasteiger partial charge in [-0.1, -0.05) is 45.4 Å². The Labute approximate surface area is 125 Å². The van der Waals surface area contributed by atoms with E-state index in [1.54, 1.807) is 0 Å². The van der Waals surface area contributed by atoms with Crippen molar-refractivity contribution in [3.8, 4) is 0 Å². The number of rotatable bonds is 4. The zero-order valence-corrected chi connectivity index (χ0v) is 13.3. The van der Waals surface area contributed by atoms with Crippen LogP contribution in [0, 0.1) is 11.8 Å². The van der Waals surface area contributed by atoms with Crippen LogP contribution in [0.5, 0.6) is 0 Å². The third-order valence-electron chi connectivity index (χ3n) is 6.17. The van der Waals surface area contributed by atoms with Crippen LogP contribution in [-0.2, 0) is 4.74 Å². The molecule has 3 aliphatic rings. The molecule has 1 spiro atoms. The van der Waals surface area contributed by atoms with Gasteiger partial charge in [0, 0.05) is 6.54 Å². The predicted molar refractivity (Wildman–Crippen MR) is 83.9 cm³/mol. The highest BCUT2D eigenvalue weighted by Gasteiger charge is 2.40. The third-order valence-corrected chi connectivity index (χ3v) is 6.17. The summed E-state index contributed by atoms with van der Waals surface area (Å²) in [7, 11) is 0. The van der Waals surface area contributed by atoms with E-state index < -0.39 is 0 Å². The molecule has 1 aliphatic heterocycles. The molecule has 0 aromatic heterocycles. The Hall–Kier alpha value is -0.0800.